The number of ether oxygens (including phenoxy) is 1. The van der Waals surface area contributed by atoms with Crippen LogP contribution in [0.5, 0.6) is 5.88 Å². The average molecular weight is 273 g/mol. The molecule has 6 nitrogen and oxygen atoms in total. The summed E-state index contributed by atoms with van der Waals surface area (Å²) < 4.78 is 5.27. The van der Waals surface area contributed by atoms with E-state index in [4.69, 9.17) is 4.74 Å². The van der Waals surface area contributed by atoms with Crippen LogP contribution in [0.3, 0.4) is 0 Å². The van der Waals surface area contributed by atoms with E-state index in [0.29, 0.717) is 11.6 Å². The maximum absolute atomic E-state index is 5.27. The molecule has 2 heterocycles. The van der Waals surface area contributed by atoms with Crippen molar-refractivity contribution in [1.82, 2.24) is 19.9 Å². The lowest BCUT2D eigenvalue weighted by Gasteiger charge is -2.14. The Labute approximate surface area is 118 Å². The lowest BCUT2D eigenvalue weighted by Crippen LogP contribution is -2.08. The Morgan fingerprint density at radius 2 is 1.80 bits per heavy atom. The quantitative estimate of drug-likeness (QED) is 0.922. The summed E-state index contributed by atoms with van der Waals surface area (Å²) in [5.41, 5.74) is 2.31. The minimum atomic E-state index is 0.226. The lowest BCUT2D eigenvalue weighted by molar-refractivity contribution is 0.397. The SMILES string of the molecule is CNc1nc(C(C)C)nc(-c2nccnc2OC)c1C. The van der Waals surface area contributed by atoms with E-state index in [1.165, 1.54) is 0 Å². The highest BCUT2D eigenvalue weighted by Gasteiger charge is 2.18. The molecule has 0 aromatic carbocycles. The number of rotatable bonds is 4. The maximum Gasteiger partial charge on any atom is 0.241 e. The van der Waals surface area contributed by atoms with Crippen molar-refractivity contribution < 1.29 is 4.74 Å². The molecule has 0 aliphatic rings. The van der Waals surface area contributed by atoms with Gasteiger partial charge in [0.05, 0.1) is 7.11 Å². The Bertz CT molecular complexity index is 613. The van der Waals surface area contributed by atoms with Crippen LogP contribution < -0.4 is 10.1 Å². The van der Waals surface area contributed by atoms with Gasteiger partial charge in [0.1, 0.15) is 17.3 Å². The van der Waals surface area contributed by atoms with Crippen LogP contribution >= 0.6 is 0 Å². The number of hydrogen-bond donors (Lipinski definition) is 1. The van der Waals surface area contributed by atoms with Gasteiger partial charge in [0, 0.05) is 30.9 Å². The summed E-state index contributed by atoms with van der Waals surface area (Å²) >= 11 is 0. The van der Waals surface area contributed by atoms with Crippen LogP contribution in [-0.2, 0) is 0 Å². The summed E-state index contributed by atoms with van der Waals surface area (Å²) in [5.74, 6) is 2.25. The minimum absolute atomic E-state index is 0.226. The summed E-state index contributed by atoms with van der Waals surface area (Å²) in [7, 11) is 3.42. The average Bonchev–Trinajstić information content (AvgIpc) is 2.47. The minimum Gasteiger partial charge on any atom is -0.479 e. The molecule has 6 heteroatoms. The Balaban J connectivity index is 2.69. The molecule has 2 aromatic rings. The fraction of sp³-hybridized carbons (Fsp3) is 0.429. The number of hydrogen-bond acceptors (Lipinski definition) is 6. The van der Waals surface area contributed by atoms with Gasteiger partial charge in [0.2, 0.25) is 5.88 Å². The van der Waals surface area contributed by atoms with Gasteiger partial charge in [-0.15, -0.1) is 0 Å². The third-order valence-corrected chi connectivity index (χ3v) is 3.00. The predicted molar refractivity (Wildman–Crippen MR) is 78.0 cm³/mol. The lowest BCUT2D eigenvalue weighted by atomic mass is 10.1. The number of aromatic nitrogens is 4. The highest BCUT2D eigenvalue weighted by molar-refractivity contribution is 5.68. The topological polar surface area (TPSA) is 72.8 Å². The molecule has 20 heavy (non-hydrogen) atoms. The molecular formula is C14H19N5O. The van der Waals surface area contributed by atoms with Gasteiger partial charge in [-0.05, 0) is 6.92 Å². The van der Waals surface area contributed by atoms with Crippen LogP contribution in [0.2, 0.25) is 0 Å². The first-order valence-electron chi connectivity index (χ1n) is 6.50. The van der Waals surface area contributed by atoms with Gasteiger partial charge in [0.15, 0.2) is 5.69 Å². The van der Waals surface area contributed by atoms with E-state index in [9.17, 15) is 0 Å². The summed E-state index contributed by atoms with van der Waals surface area (Å²) in [6, 6.07) is 0. The Morgan fingerprint density at radius 3 is 2.40 bits per heavy atom. The highest BCUT2D eigenvalue weighted by Crippen LogP contribution is 2.30. The van der Waals surface area contributed by atoms with Crippen molar-refractivity contribution in [3.63, 3.8) is 0 Å². The maximum atomic E-state index is 5.27. The second-order valence-electron chi connectivity index (χ2n) is 4.72. The van der Waals surface area contributed by atoms with E-state index in [0.717, 1.165) is 22.9 Å². The van der Waals surface area contributed by atoms with Gasteiger partial charge in [-0.25, -0.2) is 19.9 Å². The van der Waals surface area contributed by atoms with E-state index in [-0.39, 0.29) is 5.92 Å². The van der Waals surface area contributed by atoms with Gasteiger partial charge >= 0.3 is 0 Å². The zero-order valence-electron chi connectivity index (χ0n) is 12.4. The van der Waals surface area contributed by atoms with E-state index in [2.05, 4.69) is 39.1 Å². The second kappa shape index (κ2) is 5.81. The smallest absolute Gasteiger partial charge is 0.241 e. The highest BCUT2D eigenvalue weighted by atomic mass is 16.5. The molecule has 0 aliphatic carbocycles. The molecule has 106 valence electrons. The van der Waals surface area contributed by atoms with E-state index >= 15 is 0 Å². The van der Waals surface area contributed by atoms with Gasteiger partial charge in [-0.3, -0.25) is 0 Å². The van der Waals surface area contributed by atoms with Crippen molar-refractivity contribution in [1.29, 1.82) is 0 Å². The summed E-state index contributed by atoms with van der Waals surface area (Å²) in [4.78, 5) is 17.7. The first-order chi connectivity index (χ1) is 9.58. The van der Waals surface area contributed by atoms with E-state index in [1.54, 1.807) is 19.5 Å². The van der Waals surface area contributed by atoms with Gasteiger partial charge in [-0.1, -0.05) is 13.8 Å². The molecule has 0 amide bonds. The molecule has 0 fully saturated rings. The second-order valence-corrected chi connectivity index (χ2v) is 4.72. The van der Waals surface area contributed by atoms with Crippen molar-refractivity contribution in [3.05, 3.63) is 23.8 Å². The standard InChI is InChI=1S/C14H19N5O/c1-8(2)12-18-10(9(3)13(15-4)19-12)11-14(20-5)17-7-6-16-11/h6-8H,1-5H3,(H,15,18,19). The third kappa shape index (κ3) is 2.54. The van der Waals surface area contributed by atoms with Crippen LogP contribution in [-0.4, -0.2) is 34.1 Å². The first-order valence-corrected chi connectivity index (χ1v) is 6.50. The molecule has 0 aliphatic heterocycles. The van der Waals surface area contributed by atoms with Crippen molar-refractivity contribution in [2.75, 3.05) is 19.5 Å². The molecule has 2 rings (SSSR count). The molecule has 0 radical (unpaired) electrons. The van der Waals surface area contributed by atoms with E-state index in [1.807, 2.05) is 14.0 Å². The normalized spacial score (nSPS) is 10.7. The number of nitrogens with one attached hydrogen (secondary N) is 1. The molecule has 0 atom stereocenters. The molecule has 0 saturated heterocycles. The molecule has 1 N–H and O–H groups in total. The van der Waals surface area contributed by atoms with E-state index < -0.39 is 0 Å². The fourth-order valence-corrected chi connectivity index (χ4v) is 1.90. The number of nitrogens with zero attached hydrogens (tertiary/aromatic N) is 4. The Morgan fingerprint density at radius 1 is 1.10 bits per heavy atom. The molecule has 2 aromatic heterocycles. The van der Waals surface area contributed by atoms with Crippen molar-refractivity contribution in [3.8, 4) is 17.3 Å². The van der Waals surface area contributed by atoms with Crippen LogP contribution in [0.15, 0.2) is 12.4 Å². The fourth-order valence-electron chi connectivity index (χ4n) is 1.90. The molecule has 0 bridgehead atoms. The van der Waals surface area contributed by atoms with Gasteiger partial charge in [0.25, 0.3) is 0 Å². The third-order valence-electron chi connectivity index (χ3n) is 3.00. The summed E-state index contributed by atoms with van der Waals surface area (Å²) in [6.45, 7) is 6.07. The zero-order valence-corrected chi connectivity index (χ0v) is 12.4. The predicted octanol–water partition coefficient (Wildman–Crippen LogP) is 2.42. The summed E-state index contributed by atoms with van der Waals surface area (Å²) in [5, 5.41) is 3.10. The first kappa shape index (κ1) is 14.2. The van der Waals surface area contributed by atoms with Crippen LogP contribution in [0.1, 0.15) is 31.2 Å². The molecule has 0 unspecified atom stereocenters. The Kier molecular flexibility index (Phi) is 4.12. The summed E-state index contributed by atoms with van der Waals surface area (Å²) in [6.07, 6.45) is 3.23. The van der Waals surface area contributed by atoms with Crippen LogP contribution in [0.25, 0.3) is 11.4 Å². The van der Waals surface area contributed by atoms with Crippen LogP contribution in [0.4, 0.5) is 5.82 Å². The van der Waals surface area contributed by atoms with Gasteiger partial charge < -0.3 is 10.1 Å². The van der Waals surface area contributed by atoms with Crippen LogP contribution in [0, 0.1) is 6.92 Å². The molecular weight excluding hydrogens is 254 g/mol. The van der Waals surface area contributed by atoms with Crippen molar-refractivity contribution >= 4 is 5.82 Å². The Hall–Kier alpha value is -2.24. The van der Waals surface area contributed by atoms with Gasteiger partial charge in [-0.2, -0.15) is 0 Å². The molecule has 0 spiro atoms. The largest absolute Gasteiger partial charge is 0.479 e. The molecule has 0 saturated carbocycles. The number of anilines is 1. The van der Waals surface area contributed by atoms with Crippen molar-refractivity contribution in [2.24, 2.45) is 0 Å². The zero-order chi connectivity index (χ0) is 14.7. The number of methoxy groups -OCH3 is 1. The van der Waals surface area contributed by atoms with Crippen molar-refractivity contribution in [2.45, 2.75) is 26.7 Å². The monoisotopic (exact) mass is 273 g/mol.